The van der Waals surface area contributed by atoms with E-state index in [1.54, 1.807) is 17.4 Å². The molecule has 0 amide bonds. The second kappa shape index (κ2) is 7.06. The monoisotopic (exact) mass is 364 g/mol. The summed E-state index contributed by atoms with van der Waals surface area (Å²) in [6, 6.07) is 17.7. The summed E-state index contributed by atoms with van der Waals surface area (Å²) in [5.74, 6) is 2.10. The van der Waals surface area contributed by atoms with Gasteiger partial charge in [-0.2, -0.15) is 0 Å². The molecule has 0 atom stereocenters. The third kappa shape index (κ3) is 2.97. The van der Waals surface area contributed by atoms with Gasteiger partial charge in [-0.25, -0.2) is 0 Å². The summed E-state index contributed by atoms with van der Waals surface area (Å²) in [5.41, 5.74) is 3.00. The highest BCUT2D eigenvalue weighted by atomic mass is 32.1. The summed E-state index contributed by atoms with van der Waals surface area (Å²) >= 11 is 1.68. The van der Waals surface area contributed by atoms with Crippen LogP contribution in [0, 0.1) is 0 Å². The maximum absolute atomic E-state index is 10.8. The van der Waals surface area contributed by atoms with Crippen LogP contribution >= 0.6 is 11.3 Å². The van der Waals surface area contributed by atoms with Crippen LogP contribution in [-0.4, -0.2) is 13.3 Å². The molecule has 0 bridgehead atoms. The number of rotatable bonds is 5. The lowest BCUT2D eigenvalue weighted by molar-refractivity contribution is -0.120. The van der Waals surface area contributed by atoms with Gasteiger partial charge in [-0.1, -0.05) is 24.3 Å². The molecule has 0 unspecified atom stereocenters. The van der Waals surface area contributed by atoms with E-state index in [1.807, 2.05) is 49.4 Å². The van der Waals surface area contributed by atoms with E-state index in [0.29, 0.717) is 12.2 Å². The lowest BCUT2D eigenvalue weighted by Crippen LogP contribution is -1.94. The van der Waals surface area contributed by atoms with Gasteiger partial charge in [0.2, 0.25) is 6.79 Å². The van der Waals surface area contributed by atoms with Crippen LogP contribution in [-0.2, 0) is 4.79 Å². The molecular formula is C21H16O4S. The normalized spacial score (nSPS) is 12.9. The molecule has 5 heteroatoms. The molecule has 0 N–H and O–H groups in total. The number of allylic oxidation sites excluding steroid dienone is 1. The van der Waals surface area contributed by atoms with Crippen LogP contribution in [0.1, 0.15) is 17.4 Å². The average Bonchev–Trinajstić information content (AvgIpc) is 3.33. The van der Waals surface area contributed by atoms with E-state index >= 15 is 0 Å². The quantitative estimate of drug-likeness (QED) is 0.589. The second-order valence-electron chi connectivity index (χ2n) is 5.64. The van der Waals surface area contributed by atoms with Gasteiger partial charge in [-0.15, -0.1) is 11.3 Å². The van der Waals surface area contributed by atoms with E-state index in [4.69, 9.17) is 14.2 Å². The van der Waals surface area contributed by atoms with Gasteiger partial charge in [0.25, 0.3) is 6.47 Å². The molecule has 130 valence electrons. The van der Waals surface area contributed by atoms with Crippen molar-refractivity contribution in [2.75, 3.05) is 6.79 Å². The van der Waals surface area contributed by atoms with E-state index in [9.17, 15) is 4.79 Å². The zero-order valence-corrected chi connectivity index (χ0v) is 14.9. The maximum atomic E-state index is 10.8. The van der Waals surface area contributed by atoms with Crippen LogP contribution in [0.3, 0.4) is 0 Å². The molecular weight excluding hydrogens is 348 g/mol. The van der Waals surface area contributed by atoms with Gasteiger partial charge in [0.15, 0.2) is 11.5 Å². The highest BCUT2D eigenvalue weighted by molar-refractivity contribution is 7.16. The number of fused-ring (bicyclic) bond motifs is 1. The van der Waals surface area contributed by atoms with E-state index in [-0.39, 0.29) is 6.79 Å². The van der Waals surface area contributed by atoms with Crippen molar-refractivity contribution in [3.8, 4) is 27.7 Å². The highest BCUT2D eigenvalue weighted by Gasteiger charge is 2.16. The number of carbonyl (C=O) groups is 1. The molecule has 4 rings (SSSR count). The Morgan fingerprint density at radius 3 is 2.77 bits per heavy atom. The highest BCUT2D eigenvalue weighted by Crippen LogP contribution is 2.41. The summed E-state index contributed by atoms with van der Waals surface area (Å²) in [7, 11) is 0. The molecule has 3 aromatic rings. The molecule has 0 fully saturated rings. The number of thiophene rings is 1. The molecule has 0 saturated carbocycles. The second-order valence-corrected chi connectivity index (χ2v) is 6.73. The number of hydrogen-bond acceptors (Lipinski definition) is 5. The first-order valence-corrected chi connectivity index (χ1v) is 8.98. The Kier molecular flexibility index (Phi) is 4.46. The molecule has 0 aliphatic carbocycles. The van der Waals surface area contributed by atoms with E-state index in [2.05, 4.69) is 12.1 Å². The standard InChI is InChI=1S/C21H16O4S/c1-2-15(16-5-3-4-6-17(16)23-12-22)21-10-9-20(26-21)14-7-8-18-19(11-14)25-13-24-18/h2-12H,13H2,1H3/b15-2+. The topological polar surface area (TPSA) is 44.8 Å². The minimum absolute atomic E-state index is 0.269. The van der Waals surface area contributed by atoms with Crippen molar-refractivity contribution in [2.45, 2.75) is 6.92 Å². The Morgan fingerprint density at radius 1 is 1.08 bits per heavy atom. The van der Waals surface area contributed by atoms with Crippen LogP contribution in [0.4, 0.5) is 0 Å². The predicted octanol–water partition coefficient (Wildman–Crippen LogP) is 5.13. The third-order valence-electron chi connectivity index (χ3n) is 4.17. The first kappa shape index (κ1) is 16.4. The van der Waals surface area contributed by atoms with Gasteiger partial charge >= 0.3 is 0 Å². The van der Waals surface area contributed by atoms with Gasteiger partial charge in [0.05, 0.1) is 0 Å². The Hall–Kier alpha value is -3.05. The zero-order chi connectivity index (χ0) is 17.9. The summed E-state index contributed by atoms with van der Waals surface area (Å²) < 4.78 is 16.0. The number of para-hydroxylation sites is 1. The molecule has 0 radical (unpaired) electrons. The molecule has 1 aliphatic heterocycles. The van der Waals surface area contributed by atoms with Crippen molar-refractivity contribution in [1.82, 2.24) is 0 Å². The van der Waals surface area contributed by atoms with Crippen molar-refractivity contribution in [1.29, 1.82) is 0 Å². The third-order valence-corrected chi connectivity index (χ3v) is 5.34. The first-order valence-electron chi connectivity index (χ1n) is 8.16. The van der Waals surface area contributed by atoms with Crippen LogP contribution in [0.2, 0.25) is 0 Å². The van der Waals surface area contributed by atoms with Gasteiger partial charge in [0.1, 0.15) is 5.75 Å². The summed E-state index contributed by atoms with van der Waals surface area (Å²) in [5, 5.41) is 0. The van der Waals surface area contributed by atoms with Gasteiger partial charge in [0, 0.05) is 15.3 Å². The molecule has 26 heavy (non-hydrogen) atoms. The summed E-state index contributed by atoms with van der Waals surface area (Å²) in [6.45, 7) is 2.70. The van der Waals surface area contributed by atoms with Crippen molar-refractivity contribution in [2.24, 2.45) is 0 Å². The Bertz CT molecular complexity index is 987. The summed E-state index contributed by atoms with van der Waals surface area (Å²) in [4.78, 5) is 13.0. The van der Waals surface area contributed by atoms with Crippen LogP contribution in [0.15, 0.2) is 60.7 Å². The average molecular weight is 364 g/mol. The molecule has 2 heterocycles. The van der Waals surface area contributed by atoms with Crippen LogP contribution < -0.4 is 14.2 Å². The van der Waals surface area contributed by atoms with Gasteiger partial charge in [-0.3, -0.25) is 4.79 Å². The molecule has 1 aliphatic rings. The fourth-order valence-corrected chi connectivity index (χ4v) is 4.05. The van der Waals surface area contributed by atoms with Gasteiger partial charge < -0.3 is 14.2 Å². The van der Waals surface area contributed by atoms with E-state index in [0.717, 1.165) is 38.0 Å². The Morgan fingerprint density at radius 2 is 1.92 bits per heavy atom. The summed E-state index contributed by atoms with van der Waals surface area (Å²) in [6.07, 6.45) is 2.03. The fourth-order valence-electron chi connectivity index (χ4n) is 2.96. The van der Waals surface area contributed by atoms with Crippen molar-refractivity contribution < 1.29 is 19.0 Å². The lowest BCUT2D eigenvalue weighted by atomic mass is 10.0. The molecule has 0 spiro atoms. The zero-order valence-electron chi connectivity index (χ0n) is 14.1. The lowest BCUT2D eigenvalue weighted by Gasteiger charge is -2.09. The fraction of sp³-hybridized carbons (Fsp3) is 0.0952. The molecule has 4 nitrogen and oxygen atoms in total. The minimum Gasteiger partial charge on any atom is -0.454 e. The number of benzene rings is 2. The van der Waals surface area contributed by atoms with E-state index in [1.165, 1.54) is 0 Å². The predicted molar refractivity (Wildman–Crippen MR) is 102 cm³/mol. The molecule has 0 saturated heterocycles. The SMILES string of the molecule is C/C=C(/c1ccc(-c2ccc3c(c2)OCO3)s1)c1ccccc1OC=O. The molecule has 2 aromatic carbocycles. The molecule has 1 aromatic heterocycles. The van der Waals surface area contributed by atoms with Crippen molar-refractivity contribution in [3.05, 3.63) is 71.1 Å². The van der Waals surface area contributed by atoms with Crippen molar-refractivity contribution in [3.63, 3.8) is 0 Å². The number of carbonyl (C=O) groups excluding carboxylic acids is 1. The minimum atomic E-state index is 0.269. The Balaban J connectivity index is 1.70. The first-order chi connectivity index (χ1) is 12.8. The number of ether oxygens (including phenoxy) is 3. The Labute approximate surface area is 155 Å². The largest absolute Gasteiger partial charge is 0.454 e. The van der Waals surface area contributed by atoms with Crippen LogP contribution in [0.5, 0.6) is 17.2 Å². The van der Waals surface area contributed by atoms with E-state index < -0.39 is 0 Å². The van der Waals surface area contributed by atoms with Gasteiger partial charge in [-0.05, 0) is 54.5 Å². The maximum Gasteiger partial charge on any atom is 0.298 e. The number of hydrogen-bond donors (Lipinski definition) is 0. The smallest absolute Gasteiger partial charge is 0.298 e. The van der Waals surface area contributed by atoms with Crippen LogP contribution in [0.25, 0.3) is 16.0 Å². The van der Waals surface area contributed by atoms with Crippen molar-refractivity contribution >= 4 is 23.4 Å².